The predicted molar refractivity (Wildman–Crippen MR) is 135 cm³/mol. The summed E-state index contributed by atoms with van der Waals surface area (Å²) in [7, 11) is 7.70. The molecule has 0 bridgehead atoms. The van der Waals surface area contributed by atoms with Gasteiger partial charge in [-0.2, -0.15) is 0 Å². The topological polar surface area (TPSA) is 85.8 Å². The number of hydrogen-bond donors (Lipinski definition) is 1. The van der Waals surface area contributed by atoms with Crippen LogP contribution in [0.4, 0.5) is 15.9 Å². The first-order valence-corrected chi connectivity index (χ1v) is 10.9. The minimum atomic E-state index is -0.712. The summed E-state index contributed by atoms with van der Waals surface area (Å²) < 4.78 is 31.0. The molecule has 0 fully saturated rings. The van der Waals surface area contributed by atoms with Gasteiger partial charge in [0.2, 0.25) is 0 Å². The van der Waals surface area contributed by atoms with E-state index in [0.717, 1.165) is 5.56 Å². The van der Waals surface area contributed by atoms with E-state index in [-0.39, 0.29) is 40.2 Å². The quantitative estimate of drug-likeness (QED) is 0.408. The molecule has 184 valence electrons. The molecular weight excluding hydrogens is 475 g/mol. The van der Waals surface area contributed by atoms with Crippen LogP contribution in [-0.4, -0.2) is 51.4 Å². The summed E-state index contributed by atoms with van der Waals surface area (Å²) in [5.41, 5.74) is 1.31. The maximum absolute atomic E-state index is 15.4. The average molecular weight is 501 g/mol. The fraction of sp³-hybridized carbons (Fsp3) is 0.240. The zero-order valence-corrected chi connectivity index (χ0v) is 20.9. The first kappa shape index (κ1) is 25.8. The molecule has 0 unspecified atom stereocenters. The molecule has 1 heterocycles. The maximum atomic E-state index is 15.4. The van der Waals surface area contributed by atoms with Crippen LogP contribution in [0.25, 0.3) is 17.5 Å². The van der Waals surface area contributed by atoms with Gasteiger partial charge >= 0.3 is 5.97 Å². The summed E-state index contributed by atoms with van der Waals surface area (Å²) in [6.45, 7) is 4.06. The number of nitrogens with one attached hydrogen (secondary N) is 1. The van der Waals surface area contributed by atoms with Gasteiger partial charge in [-0.25, -0.2) is 19.2 Å². The lowest BCUT2D eigenvalue weighted by atomic mass is 10.1. The Bertz CT molecular complexity index is 1270. The van der Waals surface area contributed by atoms with Crippen LogP contribution >= 0.6 is 11.6 Å². The van der Waals surface area contributed by atoms with E-state index in [4.69, 9.17) is 25.8 Å². The summed E-state index contributed by atoms with van der Waals surface area (Å²) in [4.78, 5) is 22.9. The van der Waals surface area contributed by atoms with E-state index in [0.29, 0.717) is 17.1 Å². The Balaban J connectivity index is 2.14. The highest BCUT2D eigenvalue weighted by Crippen LogP contribution is 2.35. The molecule has 3 aromatic rings. The summed E-state index contributed by atoms with van der Waals surface area (Å²) in [6, 6.07) is 8.40. The number of rotatable bonds is 9. The second-order valence-electron chi connectivity index (χ2n) is 7.54. The first-order valence-electron chi connectivity index (χ1n) is 10.5. The molecule has 0 saturated carbocycles. The maximum Gasteiger partial charge on any atom is 0.357 e. The standard InChI is InChI=1S/C25H26ClFN4O4/c1-7-16-21(25(32)35-6)29-24(17-10-11-18(26)22(20(17)27)31(2)3)30-23(16)28-13-14-8-9-15(33-4)12-19(14)34-5/h7-12H,1,13H2,2-6H3,(H,28,29,30). The minimum Gasteiger partial charge on any atom is -0.497 e. The second-order valence-corrected chi connectivity index (χ2v) is 7.94. The molecule has 0 aliphatic rings. The van der Waals surface area contributed by atoms with Crippen LogP contribution in [-0.2, 0) is 11.3 Å². The third kappa shape index (κ3) is 5.30. The van der Waals surface area contributed by atoms with Crippen molar-refractivity contribution >= 4 is 35.2 Å². The van der Waals surface area contributed by atoms with E-state index in [2.05, 4.69) is 21.9 Å². The molecule has 35 heavy (non-hydrogen) atoms. The van der Waals surface area contributed by atoms with E-state index in [9.17, 15) is 4.79 Å². The van der Waals surface area contributed by atoms with Crippen molar-refractivity contribution in [2.75, 3.05) is 45.6 Å². The van der Waals surface area contributed by atoms with Crippen LogP contribution < -0.4 is 19.7 Å². The van der Waals surface area contributed by atoms with E-state index >= 15 is 4.39 Å². The normalized spacial score (nSPS) is 10.5. The van der Waals surface area contributed by atoms with E-state index < -0.39 is 11.8 Å². The Labute approximate surface area is 208 Å². The average Bonchev–Trinajstić information content (AvgIpc) is 2.86. The largest absolute Gasteiger partial charge is 0.497 e. The van der Waals surface area contributed by atoms with Gasteiger partial charge in [0, 0.05) is 37.8 Å². The van der Waals surface area contributed by atoms with Crippen LogP contribution in [0.2, 0.25) is 5.02 Å². The minimum absolute atomic E-state index is 0.0162. The Morgan fingerprint density at radius 2 is 1.91 bits per heavy atom. The number of ether oxygens (including phenoxy) is 3. The van der Waals surface area contributed by atoms with Crippen molar-refractivity contribution in [2.24, 2.45) is 0 Å². The molecule has 0 amide bonds. The Morgan fingerprint density at radius 1 is 1.17 bits per heavy atom. The number of nitrogens with zero attached hydrogens (tertiary/aromatic N) is 3. The third-order valence-electron chi connectivity index (χ3n) is 5.22. The molecule has 10 heteroatoms. The summed E-state index contributed by atoms with van der Waals surface area (Å²) in [5.74, 6) is 0.160. The molecule has 3 rings (SSSR count). The van der Waals surface area contributed by atoms with Gasteiger partial charge in [-0.3, -0.25) is 0 Å². The van der Waals surface area contributed by atoms with Crippen molar-refractivity contribution in [1.29, 1.82) is 0 Å². The van der Waals surface area contributed by atoms with Gasteiger partial charge in [0.1, 0.15) is 17.3 Å². The van der Waals surface area contributed by atoms with Crippen molar-refractivity contribution < 1.29 is 23.4 Å². The molecule has 0 saturated heterocycles. The number of hydrogen-bond acceptors (Lipinski definition) is 8. The first-order chi connectivity index (χ1) is 16.7. The smallest absolute Gasteiger partial charge is 0.357 e. The van der Waals surface area contributed by atoms with Gasteiger partial charge < -0.3 is 24.4 Å². The lowest BCUT2D eigenvalue weighted by Gasteiger charge is -2.18. The Morgan fingerprint density at radius 3 is 2.51 bits per heavy atom. The van der Waals surface area contributed by atoms with Crippen LogP contribution in [0, 0.1) is 5.82 Å². The molecule has 2 aromatic carbocycles. The van der Waals surface area contributed by atoms with E-state index in [1.165, 1.54) is 19.3 Å². The second kappa shape index (κ2) is 11.1. The SMILES string of the molecule is C=Cc1c(NCc2ccc(OC)cc2OC)nc(-c2ccc(Cl)c(N(C)C)c2F)nc1C(=O)OC. The number of halogens is 2. The summed E-state index contributed by atoms with van der Waals surface area (Å²) in [5, 5.41) is 3.41. The highest BCUT2D eigenvalue weighted by molar-refractivity contribution is 6.33. The van der Waals surface area contributed by atoms with Gasteiger partial charge in [0.15, 0.2) is 17.3 Å². The van der Waals surface area contributed by atoms with Crippen LogP contribution in [0.3, 0.4) is 0 Å². The van der Waals surface area contributed by atoms with Gasteiger partial charge in [0.05, 0.1) is 37.6 Å². The lowest BCUT2D eigenvalue weighted by Crippen LogP contribution is -2.15. The molecule has 0 spiro atoms. The molecule has 0 atom stereocenters. The molecular formula is C25H26ClFN4O4. The molecule has 0 aliphatic carbocycles. The zero-order chi connectivity index (χ0) is 25.7. The van der Waals surface area contributed by atoms with E-state index in [1.807, 2.05) is 6.07 Å². The Kier molecular flexibility index (Phi) is 8.14. The van der Waals surface area contributed by atoms with Crippen molar-refractivity contribution in [3.8, 4) is 22.9 Å². The molecule has 1 N–H and O–H groups in total. The van der Waals surface area contributed by atoms with Gasteiger partial charge in [-0.15, -0.1) is 0 Å². The number of methoxy groups -OCH3 is 3. The molecule has 0 aliphatic heterocycles. The van der Waals surface area contributed by atoms with Gasteiger partial charge in [-0.05, 0) is 24.3 Å². The molecule has 0 radical (unpaired) electrons. The van der Waals surface area contributed by atoms with Crippen LogP contribution in [0.5, 0.6) is 11.5 Å². The molecule has 8 nitrogen and oxygen atoms in total. The van der Waals surface area contributed by atoms with Crippen molar-refractivity contribution in [3.63, 3.8) is 0 Å². The van der Waals surface area contributed by atoms with Crippen LogP contribution in [0.15, 0.2) is 36.9 Å². The Hall–Kier alpha value is -3.85. The number of benzene rings is 2. The van der Waals surface area contributed by atoms with E-state index in [1.54, 1.807) is 51.4 Å². The number of carbonyl (C=O) groups is 1. The van der Waals surface area contributed by atoms with Crippen molar-refractivity contribution in [1.82, 2.24) is 9.97 Å². The fourth-order valence-electron chi connectivity index (χ4n) is 3.47. The third-order valence-corrected chi connectivity index (χ3v) is 5.53. The summed E-state index contributed by atoms with van der Waals surface area (Å²) >= 11 is 6.19. The van der Waals surface area contributed by atoms with Crippen molar-refractivity contribution in [2.45, 2.75) is 6.54 Å². The summed E-state index contributed by atoms with van der Waals surface area (Å²) in [6.07, 6.45) is 1.44. The number of aromatic nitrogens is 2. The number of esters is 1. The number of anilines is 2. The van der Waals surface area contributed by atoms with Gasteiger partial charge in [0.25, 0.3) is 0 Å². The highest BCUT2D eigenvalue weighted by Gasteiger charge is 2.23. The monoisotopic (exact) mass is 500 g/mol. The lowest BCUT2D eigenvalue weighted by molar-refractivity contribution is 0.0593. The van der Waals surface area contributed by atoms with Crippen molar-refractivity contribution in [3.05, 3.63) is 64.6 Å². The van der Waals surface area contributed by atoms with Gasteiger partial charge in [-0.1, -0.05) is 24.3 Å². The predicted octanol–water partition coefficient (Wildman–Crippen LogP) is 5.06. The zero-order valence-electron chi connectivity index (χ0n) is 20.1. The number of carbonyl (C=O) groups excluding carboxylic acids is 1. The highest BCUT2D eigenvalue weighted by atomic mass is 35.5. The molecule has 1 aromatic heterocycles. The van der Waals surface area contributed by atoms with Crippen LogP contribution in [0.1, 0.15) is 21.6 Å². The fourth-order valence-corrected chi connectivity index (χ4v) is 3.79.